The van der Waals surface area contributed by atoms with Crippen LogP contribution < -0.4 is 10.6 Å². The highest BCUT2D eigenvalue weighted by Gasteiger charge is 2.25. The number of rotatable bonds is 4. The molecule has 5 heteroatoms. The Kier molecular flexibility index (Phi) is 5.74. The zero-order valence-electron chi connectivity index (χ0n) is 14.7. The monoisotopic (exact) mass is 357 g/mol. The van der Waals surface area contributed by atoms with Gasteiger partial charge in [0, 0.05) is 36.4 Å². The van der Waals surface area contributed by atoms with Gasteiger partial charge >= 0.3 is 0 Å². The number of benzene rings is 2. The molecule has 1 heterocycles. The van der Waals surface area contributed by atoms with Gasteiger partial charge in [-0.3, -0.25) is 9.69 Å². The lowest BCUT2D eigenvalue weighted by molar-refractivity contribution is -0.118. The van der Waals surface area contributed by atoms with E-state index in [1.807, 2.05) is 44.2 Å². The predicted molar refractivity (Wildman–Crippen MR) is 103 cm³/mol. The third-order valence-corrected chi connectivity index (χ3v) is 4.84. The molecule has 2 N–H and O–H groups in total. The van der Waals surface area contributed by atoms with E-state index in [-0.39, 0.29) is 11.9 Å². The zero-order chi connectivity index (χ0) is 17.8. The molecule has 1 fully saturated rings. The number of hydrogen-bond acceptors (Lipinski definition) is 3. The lowest BCUT2D eigenvalue weighted by Crippen LogP contribution is -2.48. The van der Waals surface area contributed by atoms with Gasteiger partial charge in [-0.05, 0) is 48.7 Å². The molecule has 2 aromatic rings. The molecule has 0 radical (unpaired) electrons. The molecule has 132 valence electrons. The molecule has 0 spiro atoms. The van der Waals surface area contributed by atoms with Crippen LogP contribution in [-0.2, 0) is 4.79 Å². The van der Waals surface area contributed by atoms with Gasteiger partial charge in [-0.1, -0.05) is 35.9 Å². The second kappa shape index (κ2) is 8.00. The maximum Gasteiger partial charge on any atom is 0.238 e. The Bertz CT molecular complexity index is 762. The first-order valence-corrected chi connectivity index (χ1v) is 8.98. The summed E-state index contributed by atoms with van der Waals surface area (Å²) in [4.78, 5) is 14.8. The molecular weight excluding hydrogens is 334 g/mol. The van der Waals surface area contributed by atoms with Gasteiger partial charge in [0.25, 0.3) is 0 Å². The fourth-order valence-electron chi connectivity index (χ4n) is 3.22. The third-order valence-electron chi connectivity index (χ3n) is 4.60. The Hall–Kier alpha value is -1.88. The molecule has 2 aromatic carbocycles. The molecule has 0 aliphatic carbocycles. The number of carbonyl (C=O) groups excluding carboxylic acids is 1. The van der Waals surface area contributed by atoms with Crippen molar-refractivity contribution in [2.24, 2.45) is 0 Å². The molecule has 1 aliphatic heterocycles. The van der Waals surface area contributed by atoms with E-state index >= 15 is 0 Å². The lowest BCUT2D eigenvalue weighted by atomic mass is 10.0. The van der Waals surface area contributed by atoms with Crippen molar-refractivity contribution in [2.45, 2.75) is 19.9 Å². The Morgan fingerprint density at radius 1 is 1.28 bits per heavy atom. The van der Waals surface area contributed by atoms with Crippen LogP contribution in [0.15, 0.2) is 42.5 Å². The first-order chi connectivity index (χ1) is 12.0. The van der Waals surface area contributed by atoms with Crippen molar-refractivity contribution >= 4 is 23.2 Å². The van der Waals surface area contributed by atoms with Gasteiger partial charge in [-0.25, -0.2) is 0 Å². The van der Waals surface area contributed by atoms with Crippen LogP contribution in [0.3, 0.4) is 0 Å². The Morgan fingerprint density at radius 2 is 2.12 bits per heavy atom. The summed E-state index contributed by atoms with van der Waals surface area (Å²) in [6.07, 6.45) is 0. The molecule has 3 rings (SSSR count). The van der Waals surface area contributed by atoms with Gasteiger partial charge in [0.05, 0.1) is 6.54 Å². The van der Waals surface area contributed by atoms with Crippen LogP contribution in [0.2, 0.25) is 5.02 Å². The minimum Gasteiger partial charge on any atom is -0.325 e. The topological polar surface area (TPSA) is 44.4 Å². The van der Waals surface area contributed by atoms with Gasteiger partial charge in [0.15, 0.2) is 0 Å². The van der Waals surface area contributed by atoms with E-state index in [2.05, 4.69) is 27.7 Å². The van der Waals surface area contributed by atoms with E-state index in [1.54, 1.807) is 0 Å². The first kappa shape index (κ1) is 17.9. The van der Waals surface area contributed by atoms with E-state index in [0.29, 0.717) is 6.54 Å². The SMILES string of the molecule is Cc1ccc(C)c(NC(=O)CN2CCNCC2c2cccc(Cl)c2)c1. The van der Waals surface area contributed by atoms with Crippen LogP contribution in [0.25, 0.3) is 0 Å². The minimum atomic E-state index is 0.0163. The standard InChI is InChI=1S/C20H24ClN3O/c1-14-6-7-15(2)18(10-14)23-20(25)13-24-9-8-22-12-19(24)16-4-3-5-17(21)11-16/h3-7,10-11,19,22H,8-9,12-13H2,1-2H3,(H,23,25). The minimum absolute atomic E-state index is 0.0163. The van der Waals surface area contributed by atoms with Gasteiger partial charge in [-0.2, -0.15) is 0 Å². The van der Waals surface area contributed by atoms with E-state index in [1.165, 1.54) is 0 Å². The van der Waals surface area contributed by atoms with Crippen LogP contribution in [0, 0.1) is 13.8 Å². The van der Waals surface area contributed by atoms with Crippen LogP contribution in [0.1, 0.15) is 22.7 Å². The van der Waals surface area contributed by atoms with E-state index in [4.69, 9.17) is 11.6 Å². The number of halogens is 1. The smallest absolute Gasteiger partial charge is 0.238 e. The van der Waals surface area contributed by atoms with E-state index in [9.17, 15) is 4.79 Å². The molecule has 1 aliphatic rings. The molecule has 25 heavy (non-hydrogen) atoms. The van der Waals surface area contributed by atoms with E-state index in [0.717, 1.165) is 47.0 Å². The van der Waals surface area contributed by atoms with Gasteiger partial charge in [-0.15, -0.1) is 0 Å². The number of amides is 1. The average molecular weight is 358 g/mol. The summed E-state index contributed by atoms with van der Waals surface area (Å²) in [6, 6.07) is 14.1. The Labute approximate surface area is 154 Å². The number of nitrogens with zero attached hydrogens (tertiary/aromatic N) is 1. The molecule has 0 aromatic heterocycles. The lowest BCUT2D eigenvalue weighted by Gasteiger charge is -2.36. The molecule has 1 unspecified atom stereocenters. The second-order valence-corrected chi connectivity index (χ2v) is 7.05. The van der Waals surface area contributed by atoms with Crippen LogP contribution >= 0.6 is 11.6 Å². The van der Waals surface area contributed by atoms with Gasteiger partial charge in [0.1, 0.15) is 0 Å². The number of piperazine rings is 1. The molecule has 1 amide bonds. The molecule has 4 nitrogen and oxygen atoms in total. The normalized spacial score (nSPS) is 18.1. The Morgan fingerprint density at radius 3 is 2.92 bits per heavy atom. The summed E-state index contributed by atoms with van der Waals surface area (Å²) in [7, 11) is 0. The average Bonchev–Trinajstić information content (AvgIpc) is 2.58. The maximum absolute atomic E-state index is 12.6. The highest BCUT2D eigenvalue weighted by atomic mass is 35.5. The van der Waals surface area contributed by atoms with Crippen molar-refractivity contribution in [3.63, 3.8) is 0 Å². The largest absolute Gasteiger partial charge is 0.325 e. The summed E-state index contributed by atoms with van der Waals surface area (Å²) < 4.78 is 0. The van der Waals surface area contributed by atoms with Crippen LogP contribution in [0.5, 0.6) is 0 Å². The zero-order valence-corrected chi connectivity index (χ0v) is 15.4. The van der Waals surface area contributed by atoms with Crippen molar-refractivity contribution in [1.82, 2.24) is 10.2 Å². The molecular formula is C20H24ClN3O. The molecule has 1 atom stereocenters. The summed E-state index contributed by atoms with van der Waals surface area (Å²) in [5, 5.41) is 7.19. The maximum atomic E-state index is 12.6. The molecule has 0 bridgehead atoms. The van der Waals surface area contributed by atoms with Crippen molar-refractivity contribution in [1.29, 1.82) is 0 Å². The van der Waals surface area contributed by atoms with Crippen molar-refractivity contribution in [3.05, 3.63) is 64.2 Å². The van der Waals surface area contributed by atoms with Crippen molar-refractivity contribution in [3.8, 4) is 0 Å². The van der Waals surface area contributed by atoms with Gasteiger partial charge in [0.2, 0.25) is 5.91 Å². The summed E-state index contributed by atoms with van der Waals surface area (Å²) >= 11 is 6.14. The summed E-state index contributed by atoms with van der Waals surface area (Å²) in [5.41, 5.74) is 4.24. The Balaban J connectivity index is 1.71. The molecule has 1 saturated heterocycles. The molecule has 0 saturated carbocycles. The van der Waals surface area contributed by atoms with Crippen LogP contribution in [0.4, 0.5) is 5.69 Å². The highest BCUT2D eigenvalue weighted by molar-refractivity contribution is 6.30. The first-order valence-electron chi connectivity index (χ1n) is 8.60. The number of anilines is 1. The fraction of sp³-hybridized carbons (Fsp3) is 0.350. The number of hydrogen-bond donors (Lipinski definition) is 2. The predicted octanol–water partition coefficient (Wildman–Crippen LogP) is 3.54. The third kappa shape index (κ3) is 4.60. The number of aryl methyl sites for hydroxylation is 2. The van der Waals surface area contributed by atoms with Gasteiger partial charge < -0.3 is 10.6 Å². The number of nitrogens with one attached hydrogen (secondary N) is 2. The summed E-state index contributed by atoms with van der Waals surface area (Å²) in [6.45, 7) is 6.93. The quantitative estimate of drug-likeness (QED) is 0.879. The van der Waals surface area contributed by atoms with Crippen LogP contribution in [-0.4, -0.2) is 37.0 Å². The number of carbonyl (C=O) groups is 1. The van der Waals surface area contributed by atoms with E-state index < -0.39 is 0 Å². The van der Waals surface area contributed by atoms with Crippen molar-refractivity contribution in [2.75, 3.05) is 31.5 Å². The van der Waals surface area contributed by atoms with Crippen molar-refractivity contribution < 1.29 is 4.79 Å². The summed E-state index contributed by atoms with van der Waals surface area (Å²) in [5.74, 6) is 0.0163. The highest BCUT2D eigenvalue weighted by Crippen LogP contribution is 2.25. The fourth-order valence-corrected chi connectivity index (χ4v) is 3.42. The second-order valence-electron chi connectivity index (χ2n) is 6.61.